The summed E-state index contributed by atoms with van der Waals surface area (Å²) >= 11 is 0. The van der Waals surface area contributed by atoms with Gasteiger partial charge in [0.1, 0.15) is 29.2 Å². The first-order valence-electron chi connectivity index (χ1n) is 16.4. The number of aromatic hydroxyl groups is 1. The molecule has 0 bridgehead atoms. The smallest absolute Gasteiger partial charge is 0.310 e. The van der Waals surface area contributed by atoms with Gasteiger partial charge in [-0.1, -0.05) is 26.4 Å². The Morgan fingerprint density at radius 1 is 1.00 bits per heavy atom. The van der Waals surface area contributed by atoms with Crippen molar-refractivity contribution in [3.8, 4) is 22.9 Å². The molecule has 14 nitrogen and oxygen atoms in total. The van der Waals surface area contributed by atoms with Gasteiger partial charge in [-0.3, -0.25) is 14.4 Å². The molecule has 53 heavy (non-hydrogen) atoms. The van der Waals surface area contributed by atoms with E-state index in [1.807, 2.05) is 6.07 Å². The van der Waals surface area contributed by atoms with Crippen molar-refractivity contribution in [1.82, 2.24) is 34.0 Å². The van der Waals surface area contributed by atoms with E-state index in [9.17, 15) is 38.9 Å². The van der Waals surface area contributed by atoms with Crippen LogP contribution in [0.15, 0.2) is 58.5 Å². The Bertz CT molecular complexity index is 2360. The third-order valence-electron chi connectivity index (χ3n) is 9.08. The molecular formula is C33H32F5N9O5S. The summed E-state index contributed by atoms with van der Waals surface area (Å²) in [5.41, 5.74) is 1.50. The van der Waals surface area contributed by atoms with E-state index in [-0.39, 0.29) is 84.8 Å². The van der Waals surface area contributed by atoms with Gasteiger partial charge in [-0.25, -0.2) is 9.97 Å². The summed E-state index contributed by atoms with van der Waals surface area (Å²) in [6.45, 7) is 4.00. The number of fused-ring (bicyclic) bond motifs is 2. The lowest BCUT2D eigenvalue weighted by Crippen LogP contribution is -2.51. The molecule has 0 saturated carbocycles. The van der Waals surface area contributed by atoms with E-state index in [2.05, 4.69) is 25.4 Å². The molecule has 20 heteroatoms. The molecule has 2 N–H and O–H groups in total. The van der Waals surface area contributed by atoms with Gasteiger partial charge in [-0.15, -0.1) is 5.10 Å². The second-order valence-electron chi connectivity index (χ2n) is 12.6. The van der Waals surface area contributed by atoms with Crippen LogP contribution in [-0.4, -0.2) is 83.7 Å². The number of aromatic nitrogens is 6. The van der Waals surface area contributed by atoms with Crippen LogP contribution in [0.4, 0.5) is 30.8 Å². The maximum Gasteiger partial charge on any atom is 0.310 e. The highest BCUT2D eigenvalue weighted by Crippen LogP contribution is 3.02. The number of carbonyl (C=O) groups is 2. The topological polar surface area (TPSA) is 160 Å². The Morgan fingerprint density at radius 2 is 1.72 bits per heavy atom. The molecule has 0 aliphatic carbocycles. The third kappa shape index (κ3) is 6.80. The summed E-state index contributed by atoms with van der Waals surface area (Å²) in [6.07, 6.45) is 2.07. The van der Waals surface area contributed by atoms with Gasteiger partial charge >= 0.3 is 10.2 Å². The molecule has 5 heterocycles. The van der Waals surface area contributed by atoms with E-state index >= 15 is 0 Å². The van der Waals surface area contributed by atoms with Crippen LogP contribution in [0.5, 0.6) is 11.5 Å². The zero-order valence-corrected chi connectivity index (χ0v) is 29.0. The number of ether oxygens (including phenoxy) is 1. The normalized spacial score (nSPS) is 15.8. The molecule has 2 aliphatic rings. The standard InChI is InChI=1S/C33H32F5N9O5S/c1-3-24-28(44-11-13-45(14-12-44)31(50)27-29(49)19(2)39-18-40-27)32(51)47-33(42-30(43-47)21-4-9-25-20(16-21)10-15-52-25)46(24)17-26(48)41-22-5-7-23(8-6-22)53(34,35,36,37)38/h4-9,16,18,49H,3,10-15,17H2,1-2H3,(H,41,48). The second-order valence-corrected chi connectivity index (χ2v) is 15.0. The van der Waals surface area contributed by atoms with E-state index in [0.717, 1.165) is 28.0 Å². The first-order chi connectivity index (χ1) is 24.9. The van der Waals surface area contributed by atoms with Gasteiger partial charge in [0.05, 0.1) is 18.0 Å². The molecule has 1 fully saturated rings. The third-order valence-corrected chi connectivity index (χ3v) is 10.2. The van der Waals surface area contributed by atoms with Crippen LogP contribution in [0.1, 0.15) is 34.4 Å². The van der Waals surface area contributed by atoms with Gasteiger partial charge < -0.3 is 29.5 Å². The van der Waals surface area contributed by atoms with Crippen LogP contribution in [0.2, 0.25) is 0 Å². The number of anilines is 2. The van der Waals surface area contributed by atoms with E-state index < -0.39 is 39.0 Å². The number of hydrogen-bond acceptors (Lipinski definition) is 10. The summed E-state index contributed by atoms with van der Waals surface area (Å²) in [4.78, 5) is 54.6. The quantitative estimate of drug-likeness (QED) is 0.203. The van der Waals surface area contributed by atoms with Gasteiger partial charge in [0.15, 0.2) is 17.3 Å². The first-order valence-corrected chi connectivity index (χ1v) is 18.3. The predicted molar refractivity (Wildman–Crippen MR) is 184 cm³/mol. The van der Waals surface area contributed by atoms with Gasteiger partial charge in [-0.05, 0) is 61.4 Å². The Hall–Kier alpha value is -5.79. The SMILES string of the molecule is CCc1c(N2CCN(C(=O)c3ncnc(C)c3O)CC2)c(=O)n2nc(-c3ccc4c(c3)CCO4)nc2n1CC(=O)Nc1ccc(S(F)(F)(F)(F)F)cc1. The number of carbonyl (C=O) groups excluding carboxylic acids is 2. The fraction of sp³-hybridized carbons (Fsp3) is 0.303. The molecule has 0 radical (unpaired) electrons. The van der Waals surface area contributed by atoms with Crippen LogP contribution in [0, 0.1) is 6.92 Å². The molecule has 1 saturated heterocycles. The molecule has 280 valence electrons. The number of aryl methyl sites for hydroxylation is 1. The van der Waals surface area contributed by atoms with Crippen molar-refractivity contribution in [2.24, 2.45) is 0 Å². The summed E-state index contributed by atoms with van der Waals surface area (Å²) in [5, 5.41) is 17.3. The zero-order chi connectivity index (χ0) is 37.9. The number of amides is 2. The first kappa shape index (κ1) is 35.6. The lowest BCUT2D eigenvalue weighted by Gasteiger charge is -2.40. The number of benzene rings is 2. The van der Waals surface area contributed by atoms with Gasteiger partial charge in [-0.2, -0.15) is 9.50 Å². The van der Waals surface area contributed by atoms with Crippen LogP contribution < -0.4 is 20.5 Å². The fourth-order valence-corrected chi connectivity index (χ4v) is 7.07. The van der Waals surface area contributed by atoms with Crippen LogP contribution >= 0.6 is 10.2 Å². The lowest BCUT2D eigenvalue weighted by molar-refractivity contribution is -0.116. The summed E-state index contributed by atoms with van der Waals surface area (Å²) < 4.78 is 74.5. The summed E-state index contributed by atoms with van der Waals surface area (Å²) in [7, 11) is -9.92. The number of halogens is 5. The number of nitrogens with zero attached hydrogens (tertiary/aromatic N) is 8. The number of nitrogens with one attached hydrogen (secondary N) is 1. The minimum absolute atomic E-state index is 0.0113. The Morgan fingerprint density at radius 3 is 2.40 bits per heavy atom. The van der Waals surface area contributed by atoms with Gasteiger partial charge in [0, 0.05) is 43.9 Å². The van der Waals surface area contributed by atoms with Gasteiger partial charge in [0.25, 0.3) is 11.5 Å². The van der Waals surface area contributed by atoms with E-state index in [4.69, 9.17) is 4.74 Å². The lowest BCUT2D eigenvalue weighted by atomic mass is 10.1. The number of rotatable bonds is 8. The summed E-state index contributed by atoms with van der Waals surface area (Å²) in [5.74, 6) is -0.661. The molecule has 5 aromatic rings. The summed E-state index contributed by atoms with van der Waals surface area (Å²) in [6, 6.07) is 7.23. The van der Waals surface area contributed by atoms with Crippen molar-refractivity contribution >= 4 is 39.2 Å². The molecule has 2 amide bonds. The van der Waals surface area contributed by atoms with Crippen molar-refractivity contribution in [3.05, 3.63) is 81.8 Å². The average Bonchev–Trinajstić information content (AvgIpc) is 3.77. The minimum Gasteiger partial charge on any atom is -0.504 e. The zero-order valence-electron chi connectivity index (χ0n) is 28.2. The Balaban J connectivity index is 1.24. The molecular weight excluding hydrogens is 729 g/mol. The Labute approximate surface area is 297 Å². The largest absolute Gasteiger partial charge is 0.504 e. The van der Waals surface area contributed by atoms with Crippen molar-refractivity contribution in [2.75, 3.05) is 43.0 Å². The molecule has 0 spiro atoms. The highest BCUT2D eigenvalue weighted by atomic mass is 32.5. The number of piperazine rings is 1. The maximum atomic E-state index is 14.3. The van der Waals surface area contributed by atoms with Crippen molar-refractivity contribution in [3.63, 3.8) is 0 Å². The molecule has 3 aromatic heterocycles. The van der Waals surface area contributed by atoms with Gasteiger partial charge in [0.2, 0.25) is 11.7 Å². The van der Waals surface area contributed by atoms with Crippen molar-refractivity contribution < 1.29 is 38.9 Å². The molecule has 7 rings (SSSR count). The molecule has 0 atom stereocenters. The highest BCUT2D eigenvalue weighted by Gasteiger charge is 2.65. The van der Waals surface area contributed by atoms with Crippen LogP contribution in [-0.2, 0) is 24.2 Å². The minimum atomic E-state index is -9.92. The maximum absolute atomic E-state index is 14.3. The van der Waals surface area contributed by atoms with Crippen molar-refractivity contribution in [1.29, 1.82) is 0 Å². The molecule has 2 aliphatic heterocycles. The van der Waals surface area contributed by atoms with Crippen LogP contribution in [0.25, 0.3) is 17.2 Å². The predicted octanol–water partition coefficient (Wildman–Crippen LogP) is 5.12. The highest BCUT2D eigenvalue weighted by molar-refractivity contribution is 8.45. The second kappa shape index (κ2) is 12.1. The van der Waals surface area contributed by atoms with Crippen molar-refractivity contribution in [2.45, 2.75) is 38.1 Å². The van der Waals surface area contributed by atoms with E-state index in [1.165, 1.54) is 15.8 Å². The van der Waals surface area contributed by atoms with E-state index in [1.54, 1.807) is 30.9 Å². The van der Waals surface area contributed by atoms with E-state index in [0.29, 0.717) is 24.3 Å². The monoisotopic (exact) mass is 761 g/mol. The van der Waals surface area contributed by atoms with Crippen LogP contribution in [0.3, 0.4) is 0 Å². The fourth-order valence-electron chi connectivity index (χ4n) is 6.42. The number of hydrogen-bond donors (Lipinski definition) is 2. The average molecular weight is 762 g/mol. The Kier molecular flexibility index (Phi) is 8.15. The molecule has 2 aromatic carbocycles. The molecule has 0 unspecified atom stereocenters.